The van der Waals surface area contributed by atoms with Crippen LogP contribution in [0.15, 0.2) is 42.5 Å². The highest BCUT2D eigenvalue weighted by molar-refractivity contribution is 6.33. The number of halogens is 1. The summed E-state index contributed by atoms with van der Waals surface area (Å²) in [6.07, 6.45) is 0.529. The molecule has 0 unspecified atom stereocenters. The molecule has 1 heterocycles. The number of nitrogens with one attached hydrogen (secondary N) is 1. The lowest BCUT2D eigenvalue weighted by Gasteiger charge is -2.34. The molecule has 136 valence electrons. The summed E-state index contributed by atoms with van der Waals surface area (Å²) in [6.45, 7) is 2.53. The molecule has 0 bridgehead atoms. The molecule has 0 radical (unpaired) electrons. The number of hydrogen-bond acceptors (Lipinski definition) is 4. The van der Waals surface area contributed by atoms with E-state index in [9.17, 15) is 9.59 Å². The van der Waals surface area contributed by atoms with Gasteiger partial charge in [0, 0.05) is 6.54 Å². The Kier molecular flexibility index (Phi) is 5.59. The van der Waals surface area contributed by atoms with Crippen LogP contribution in [0.4, 0.5) is 5.69 Å². The number of hydrogen-bond donors (Lipinski definition) is 1. The van der Waals surface area contributed by atoms with Crippen LogP contribution in [0.1, 0.15) is 16.7 Å². The smallest absolute Gasteiger partial charge is 0.323 e. The Labute approximate surface area is 157 Å². The van der Waals surface area contributed by atoms with Crippen molar-refractivity contribution in [3.8, 4) is 0 Å². The van der Waals surface area contributed by atoms with E-state index in [0.717, 1.165) is 16.7 Å². The molecule has 3 rings (SSSR count). The van der Waals surface area contributed by atoms with E-state index >= 15 is 0 Å². The molecular formula is C20H21ClN2O3. The van der Waals surface area contributed by atoms with Gasteiger partial charge in [-0.25, -0.2) is 0 Å². The summed E-state index contributed by atoms with van der Waals surface area (Å²) in [7, 11) is 1.37. The van der Waals surface area contributed by atoms with E-state index in [1.54, 1.807) is 12.1 Å². The molecule has 0 aromatic heterocycles. The van der Waals surface area contributed by atoms with Crippen molar-refractivity contribution in [3.05, 3.63) is 64.2 Å². The van der Waals surface area contributed by atoms with E-state index < -0.39 is 6.04 Å². The second kappa shape index (κ2) is 7.89. The molecular weight excluding hydrogens is 352 g/mol. The summed E-state index contributed by atoms with van der Waals surface area (Å²) in [4.78, 5) is 26.6. The molecule has 0 saturated heterocycles. The molecule has 0 saturated carbocycles. The molecule has 2 aromatic carbocycles. The first-order valence-corrected chi connectivity index (χ1v) is 8.80. The van der Waals surface area contributed by atoms with Crippen molar-refractivity contribution in [1.29, 1.82) is 0 Å². The van der Waals surface area contributed by atoms with Crippen LogP contribution in [0.3, 0.4) is 0 Å². The van der Waals surface area contributed by atoms with Gasteiger partial charge < -0.3 is 10.1 Å². The molecule has 0 spiro atoms. The molecule has 1 atom stereocenters. The fourth-order valence-corrected chi connectivity index (χ4v) is 3.49. The SMILES string of the molecule is COC(=O)[C@H]1Cc2ccccc2CN1CC(=O)Nc1ccc(C)cc1Cl. The Morgan fingerprint density at radius 2 is 1.96 bits per heavy atom. The van der Waals surface area contributed by atoms with Crippen molar-refractivity contribution in [2.45, 2.75) is 25.9 Å². The summed E-state index contributed by atoms with van der Waals surface area (Å²) >= 11 is 6.18. The molecule has 5 nitrogen and oxygen atoms in total. The lowest BCUT2D eigenvalue weighted by atomic mass is 9.94. The predicted octanol–water partition coefficient (Wildman–Crippen LogP) is 3.19. The minimum Gasteiger partial charge on any atom is -0.468 e. The average molecular weight is 373 g/mol. The molecule has 0 fully saturated rings. The van der Waals surface area contributed by atoms with Gasteiger partial charge in [0.15, 0.2) is 0 Å². The van der Waals surface area contributed by atoms with Crippen LogP contribution in [0, 0.1) is 6.92 Å². The van der Waals surface area contributed by atoms with Crippen LogP contribution in [-0.2, 0) is 27.3 Å². The number of anilines is 1. The third kappa shape index (κ3) is 4.06. The zero-order chi connectivity index (χ0) is 18.7. The summed E-state index contributed by atoms with van der Waals surface area (Å²) in [5.74, 6) is -0.551. The van der Waals surface area contributed by atoms with Crippen molar-refractivity contribution in [1.82, 2.24) is 4.90 Å². The first kappa shape index (κ1) is 18.4. The first-order valence-electron chi connectivity index (χ1n) is 8.42. The minimum atomic E-state index is -0.478. The highest BCUT2D eigenvalue weighted by Crippen LogP contribution is 2.25. The number of carbonyl (C=O) groups excluding carboxylic acids is 2. The Hall–Kier alpha value is -2.37. The van der Waals surface area contributed by atoms with Gasteiger partial charge >= 0.3 is 5.97 Å². The predicted molar refractivity (Wildman–Crippen MR) is 101 cm³/mol. The third-order valence-electron chi connectivity index (χ3n) is 4.56. The molecule has 1 N–H and O–H groups in total. The van der Waals surface area contributed by atoms with Crippen LogP contribution in [-0.4, -0.2) is 36.5 Å². The van der Waals surface area contributed by atoms with Gasteiger partial charge in [-0.15, -0.1) is 0 Å². The summed E-state index contributed by atoms with van der Waals surface area (Å²) < 4.78 is 4.93. The van der Waals surface area contributed by atoms with E-state index in [1.807, 2.05) is 42.2 Å². The monoisotopic (exact) mass is 372 g/mol. The number of aryl methyl sites for hydroxylation is 1. The van der Waals surface area contributed by atoms with E-state index in [4.69, 9.17) is 16.3 Å². The second-order valence-corrected chi connectivity index (χ2v) is 6.86. The van der Waals surface area contributed by atoms with Crippen LogP contribution in [0.5, 0.6) is 0 Å². The van der Waals surface area contributed by atoms with Crippen LogP contribution < -0.4 is 5.32 Å². The van der Waals surface area contributed by atoms with Crippen LogP contribution in [0.25, 0.3) is 0 Å². The van der Waals surface area contributed by atoms with Gasteiger partial charge in [0.05, 0.1) is 24.4 Å². The molecule has 2 aromatic rings. The van der Waals surface area contributed by atoms with Crippen LogP contribution in [0.2, 0.25) is 5.02 Å². The Morgan fingerprint density at radius 3 is 2.65 bits per heavy atom. The number of amides is 1. The fourth-order valence-electron chi connectivity index (χ4n) is 3.21. The Bertz CT molecular complexity index is 838. The van der Waals surface area contributed by atoms with Crippen molar-refractivity contribution in [2.75, 3.05) is 19.0 Å². The zero-order valence-electron chi connectivity index (χ0n) is 14.8. The molecule has 1 aliphatic rings. The third-order valence-corrected chi connectivity index (χ3v) is 4.88. The van der Waals surface area contributed by atoms with Crippen molar-refractivity contribution < 1.29 is 14.3 Å². The number of methoxy groups -OCH3 is 1. The summed E-state index contributed by atoms with van der Waals surface area (Å²) in [5.41, 5.74) is 3.82. The maximum Gasteiger partial charge on any atom is 0.323 e. The maximum atomic E-state index is 12.5. The van der Waals surface area contributed by atoms with Gasteiger partial charge in [-0.3, -0.25) is 14.5 Å². The molecule has 1 aliphatic heterocycles. The van der Waals surface area contributed by atoms with Crippen molar-refractivity contribution in [2.24, 2.45) is 0 Å². The Morgan fingerprint density at radius 1 is 1.23 bits per heavy atom. The number of benzene rings is 2. The normalized spacial score (nSPS) is 16.7. The summed E-state index contributed by atoms with van der Waals surface area (Å²) in [5, 5.41) is 3.31. The topological polar surface area (TPSA) is 58.6 Å². The number of nitrogens with zero attached hydrogens (tertiary/aromatic N) is 1. The van der Waals surface area contributed by atoms with E-state index in [-0.39, 0.29) is 18.4 Å². The van der Waals surface area contributed by atoms with E-state index in [1.165, 1.54) is 7.11 Å². The number of ether oxygens (including phenoxy) is 1. The zero-order valence-corrected chi connectivity index (χ0v) is 15.5. The highest BCUT2D eigenvalue weighted by Gasteiger charge is 2.33. The Balaban J connectivity index is 1.75. The van der Waals surface area contributed by atoms with Gasteiger partial charge in [-0.05, 0) is 42.2 Å². The van der Waals surface area contributed by atoms with Crippen LogP contribution >= 0.6 is 11.6 Å². The largest absolute Gasteiger partial charge is 0.468 e. The second-order valence-electron chi connectivity index (χ2n) is 6.45. The van der Waals surface area contributed by atoms with E-state index in [0.29, 0.717) is 23.7 Å². The van der Waals surface area contributed by atoms with Gasteiger partial charge in [0.2, 0.25) is 5.91 Å². The van der Waals surface area contributed by atoms with Gasteiger partial charge in [0.25, 0.3) is 0 Å². The lowest BCUT2D eigenvalue weighted by Crippen LogP contribution is -2.49. The molecule has 1 amide bonds. The fraction of sp³-hybridized carbons (Fsp3) is 0.300. The highest BCUT2D eigenvalue weighted by atomic mass is 35.5. The molecule has 0 aliphatic carbocycles. The van der Waals surface area contributed by atoms with Gasteiger partial charge in [0.1, 0.15) is 6.04 Å². The molecule has 26 heavy (non-hydrogen) atoms. The number of rotatable bonds is 4. The average Bonchev–Trinajstić information content (AvgIpc) is 2.63. The summed E-state index contributed by atoms with van der Waals surface area (Å²) in [6, 6.07) is 12.9. The maximum absolute atomic E-state index is 12.5. The van der Waals surface area contributed by atoms with Crippen molar-refractivity contribution >= 4 is 29.2 Å². The number of esters is 1. The molecule has 6 heteroatoms. The van der Waals surface area contributed by atoms with Gasteiger partial charge in [-0.1, -0.05) is 41.9 Å². The first-order chi connectivity index (χ1) is 12.5. The number of fused-ring (bicyclic) bond motifs is 1. The van der Waals surface area contributed by atoms with Gasteiger partial charge in [-0.2, -0.15) is 0 Å². The standard InChI is InChI=1S/C20H21ClN2O3/c1-13-7-8-17(16(21)9-13)22-19(24)12-23-11-15-6-4-3-5-14(15)10-18(23)20(25)26-2/h3-9,18H,10-12H2,1-2H3,(H,22,24)/t18-/m1/s1. The lowest BCUT2D eigenvalue weighted by molar-refractivity contribution is -0.148. The van der Waals surface area contributed by atoms with Crippen molar-refractivity contribution in [3.63, 3.8) is 0 Å². The number of carbonyl (C=O) groups is 2. The quantitative estimate of drug-likeness (QED) is 0.837. The van der Waals surface area contributed by atoms with E-state index in [2.05, 4.69) is 5.32 Å². The minimum absolute atomic E-state index is 0.0817.